The van der Waals surface area contributed by atoms with Gasteiger partial charge in [0.05, 0.1) is 30.9 Å². The standard InChI is InChI=1S/C24H24F2N4O2/c1-15-12-29(14-27-15)21-6-5-16(10-23(21)31-2)24-28-32-13-22-20(4-3-7-30(22)24)17-8-18(25)11-19(26)9-17/h5-6,8-12,14,20,22H,3-4,7,13H2,1-2H3/t20?,22-/m0/s1. The lowest BCUT2D eigenvalue weighted by Crippen LogP contribution is -2.52. The molecular weight excluding hydrogens is 414 g/mol. The summed E-state index contributed by atoms with van der Waals surface area (Å²) in [4.78, 5) is 12.1. The van der Waals surface area contributed by atoms with Gasteiger partial charge in [0.15, 0.2) is 5.84 Å². The van der Waals surface area contributed by atoms with Crippen LogP contribution in [0.5, 0.6) is 5.75 Å². The third-order valence-electron chi connectivity index (χ3n) is 6.19. The number of piperidine rings is 1. The molecule has 2 aliphatic rings. The number of ether oxygens (including phenoxy) is 1. The first-order valence-corrected chi connectivity index (χ1v) is 10.7. The molecule has 1 unspecified atom stereocenters. The fraction of sp³-hybridized carbons (Fsp3) is 0.333. The topological polar surface area (TPSA) is 51.9 Å². The SMILES string of the molecule is COc1cc(C2=NOC[C@H]3C(c4cc(F)cc(F)c4)CCCN23)ccc1-n1cnc(C)c1. The van der Waals surface area contributed by atoms with Crippen LogP contribution in [-0.2, 0) is 4.84 Å². The zero-order valence-electron chi connectivity index (χ0n) is 18.0. The Balaban J connectivity index is 1.47. The van der Waals surface area contributed by atoms with E-state index < -0.39 is 11.6 Å². The van der Waals surface area contributed by atoms with Crippen LogP contribution in [0.15, 0.2) is 54.1 Å². The number of hydrogen-bond acceptors (Lipinski definition) is 5. The molecule has 0 spiro atoms. The van der Waals surface area contributed by atoms with Crippen molar-refractivity contribution in [2.45, 2.75) is 31.7 Å². The van der Waals surface area contributed by atoms with Gasteiger partial charge in [-0.05, 0) is 55.7 Å². The zero-order chi connectivity index (χ0) is 22.2. The van der Waals surface area contributed by atoms with Crippen molar-refractivity contribution in [3.05, 3.63) is 77.4 Å². The van der Waals surface area contributed by atoms with Gasteiger partial charge in [-0.1, -0.05) is 5.16 Å². The lowest BCUT2D eigenvalue weighted by atomic mass is 9.83. The number of hydrogen-bond donors (Lipinski definition) is 0. The van der Waals surface area contributed by atoms with Gasteiger partial charge in [-0.2, -0.15) is 0 Å². The van der Waals surface area contributed by atoms with Gasteiger partial charge in [-0.15, -0.1) is 0 Å². The molecule has 0 aliphatic carbocycles. The molecule has 5 rings (SSSR count). The second kappa shape index (κ2) is 8.26. The summed E-state index contributed by atoms with van der Waals surface area (Å²) >= 11 is 0. The van der Waals surface area contributed by atoms with Gasteiger partial charge >= 0.3 is 0 Å². The highest BCUT2D eigenvalue weighted by atomic mass is 19.1. The minimum Gasteiger partial charge on any atom is -0.495 e. The number of halogens is 2. The first kappa shape index (κ1) is 20.5. The summed E-state index contributed by atoms with van der Waals surface area (Å²) in [5.74, 6) is 0.227. The van der Waals surface area contributed by atoms with Crippen LogP contribution in [0.2, 0.25) is 0 Å². The van der Waals surface area contributed by atoms with E-state index in [1.807, 2.05) is 35.9 Å². The van der Waals surface area contributed by atoms with Crippen molar-refractivity contribution in [3.63, 3.8) is 0 Å². The van der Waals surface area contributed by atoms with Crippen LogP contribution in [-0.4, -0.2) is 46.6 Å². The molecule has 1 fully saturated rings. The Hall–Kier alpha value is -3.42. The second-order valence-corrected chi connectivity index (χ2v) is 8.23. The fourth-order valence-electron chi connectivity index (χ4n) is 4.73. The Bertz CT molecular complexity index is 1160. The smallest absolute Gasteiger partial charge is 0.175 e. The maximum atomic E-state index is 13.9. The van der Waals surface area contributed by atoms with E-state index in [2.05, 4.69) is 15.0 Å². The molecule has 3 aromatic rings. The number of fused-ring (bicyclic) bond motifs is 1. The van der Waals surface area contributed by atoms with Gasteiger partial charge in [0.1, 0.15) is 24.0 Å². The summed E-state index contributed by atoms with van der Waals surface area (Å²) in [6.07, 6.45) is 5.41. The van der Waals surface area contributed by atoms with Gasteiger partial charge in [-0.3, -0.25) is 0 Å². The first-order chi connectivity index (χ1) is 15.5. The third kappa shape index (κ3) is 3.70. The number of nitrogens with zero attached hydrogens (tertiary/aromatic N) is 4. The van der Waals surface area contributed by atoms with Crippen LogP contribution in [0, 0.1) is 18.6 Å². The number of aromatic nitrogens is 2. The number of benzene rings is 2. The average Bonchev–Trinajstić information content (AvgIpc) is 3.23. The van der Waals surface area contributed by atoms with E-state index in [4.69, 9.17) is 9.57 Å². The van der Waals surface area contributed by atoms with Crippen LogP contribution in [0.1, 0.15) is 35.6 Å². The number of imidazole rings is 1. The van der Waals surface area contributed by atoms with E-state index in [-0.39, 0.29) is 12.0 Å². The Kier molecular flexibility index (Phi) is 5.28. The van der Waals surface area contributed by atoms with E-state index in [1.54, 1.807) is 13.4 Å². The van der Waals surface area contributed by atoms with Crippen LogP contribution in [0.4, 0.5) is 8.78 Å². The van der Waals surface area contributed by atoms with Gasteiger partial charge in [0.2, 0.25) is 0 Å². The van der Waals surface area contributed by atoms with Crippen LogP contribution in [0.3, 0.4) is 0 Å². The van der Waals surface area contributed by atoms with Crippen LogP contribution >= 0.6 is 0 Å². The zero-order valence-corrected chi connectivity index (χ0v) is 18.0. The summed E-state index contributed by atoms with van der Waals surface area (Å²) in [5, 5.41) is 4.35. The van der Waals surface area contributed by atoms with Crippen LogP contribution < -0.4 is 4.74 Å². The molecular formula is C24H24F2N4O2. The monoisotopic (exact) mass is 438 g/mol. The lowest BCUT2D eigenvalue weighted by molar-refractivity contribution is 0.0353. The summed E-state index contributed by atoms with van der Waals surface area (Å²) in [6, 6.07) is 9.57. The minimum atomic E-state index is -0.558. The molecule has 0 bridgehead atoms. The molecule has 8 heteroatoms. The van der Waals surface area contributed by atoms with Crippen molar-refractivity contribution in [3.8, 4) is 11.4 Å². The lowest BCUT2D eigenvalue weighted by Gasteiger charge is -2.44. The van der Waals surface area contributed by atoms with Crippen molar-refractivity contribution in [2.75, 3.05) is 20.3 Å². The molecule has 0 saturated carbocycles. The Labute approximate surface area is 185 Å². The van der Waals surface area contributed by atoms with E-state index in [9.17, 15) is 8.78 Å². The highest BCUT2D eigenvalue weighted by molar-refractivity contribution is 5.99. The molecule has 3 heterocycles. The number of rotatable bonds is 4. The minimum absolute atomic E-state index is 0.0467. The predicted octanol–water partition coefficient (Wildman–Crippen LogP) is 4.41. The summed E-state index contributed by atoms with van der Waals surface area (Å²) < 4.78 is 35.3. The molecule has 0 radical (unpaired) electrons. The molecule has 166 valence electrons. The van der Waals surface area contributed by atoms with E-state index in [1.165, 1.54) is 12.1 Å². The molecule has 1 aromatic heterocycles. The molecule has 2 atom stereocenters. The number of aryl methyl sites for hydroxylation is 1. The fourth-order valence-corrected chi connectivity index (χ4v) is 4.73. The highest BCUT2D eigenvalue weighted by Gasteiger charge is 2.38. The van der Waals surface area contributed by atoms with E-state index in [0.717, 1.165) is 42.4 Å². The maximum absolute atomic E-state index is 13.9. The normalized spacial score (nSPS) is 20.4. The molecule has 2 aliphatic heterocycles. The average molecular weight is 438 g/mol. The van der Waals surface area contributed by atoms with Gasteiger partial charge in [0, 0.05) is 30.3 Å². The Morgan fingerprint density at radius 1 is 1.12 bits per heavy atom. The number of oxime groups is 1. The molecule has 0 N–H and O–H groups in total. The number of methoxy groups -OCH3 is 1. The van der Waals surface area contributed by atoms with Gasteiger partial charge in [-0.25, -0.2) is 13.8 Å². The third-order valence-corrected chi connectivity index (χ3v) is 6.19. The van der Waals surface area contributed by atoms with Crippen molar-refractivity contribution < 1.29 is 18.4 Å². The quantitative estimate of drug-likeness (QED) is 0.606. The molecule has 32 heavy (non-hydrogen) atoms. The van der Waals surface area contributed by atoms with Crippen molar-refractivity contribution in [1.29, 1.82) is 0 Å². The molecule has 1 saturated heterocycles. The predicted molar refractivity (Wildman–Crippen MR) is 116 cm³/mol. The van der Waals surface area contributed by atoms with E-state index in [0.29, 0.717) is 23.8 Å². The highest BCUT2D eigenvalue weighted by Crippen LogP contribution is 2.37. The molecule has 0 amide bonds. The Morgan fingerprint density at radius 2 is 1.94 bits per heavy atom. The molecule has 6 nitrogen and oxygen atoms in total. The van der Waals surface area contributed by atoms with Gasteiger partial charge in [0.25, 0.3) is 0 Å². The Morgan fingerprint density at radius 3 is 2.66 bits per heavy atom. The maximum Gasteiger partial charge on any atom is 0.175 e. The van der Waals surface area contributed by atoms with E-state index >= 15 is 0 Å². The van der Waals surface area contributed by atoms with Gasteiger partial charge < -0.3 is 19.0 Å². The summed E-state index contributed by atoms with van der Waals surface area (Å²) in [7, 11) is 1.63. The first-order valence-electron chi connectivity index (χ1n) is 10.7. The van der Waals surface area contributed by atoms with Crippen molar-refractivity contribution in [1.82, 2.24) is 14.5 Å². The second-order valence-electron chi connectivity index (χ2n) is 8.23. The van der Waals surface area contributed by atoms with Crippen molar-refractivity contribution >= 4 is 5.84 Å². The molecule has 2 aromatic carbocycles. The van der Waals surface area contributed by atoms with Crippen LogP contribution in [0.25, 0.3) is 5.69 Å². The largest absolute Gasteiger partial charge is 0.495 e. The summed E-state index contributed by atoms with van der Waals surface area (Å²) in [5.41, 5.74) is 3.30. The van der Waals surface area contributed by atoms with Crippen molar-refractivity contribution in [2.24, 2.45) is 5.16 Å². The summed E-state index contributed by atoms with van der Waals surface area (Å²) in [6.45, 7) is 3.10. The number of amidine groups is 1.